The summed E-state index contributed by atoms with van der Waals surface area (Å²) in [6.07, 6.45) is -4.83. The minimum atomic E-state index is -4.83. The smallest absolute Gasteiger partial charge is 0.405 e. The quantitative estimate of drug-likeness (QED) is 0.707. The summed E-state index contributed by atoms with van der Waals surface area (Å²) in [4.78, 5) is 26.0. The molecule has 2 aromatic carbocycles. The predicted octanol–water partition coefficient (Wildman–Crippen LogP) is 4.12. The molecule has 0 aliphatic carbocycles. The number of amides is 2. The van der Waals surface area contributed by atoms with E-state index in [9.17, 15) is 22.8 Å². The van der Waals surface area contributed by atoms with E-state index in [-0.39, 0.29) is 17.9 Å². The highest BCUT2D eigenvalue weighted by Gasteiger charge is 2.32. The number of halogens is 4. The summed E-state index contributed by atoms with van der Waals surface area (Å²) in [6.45, 7) is 1.40. The third-order valence-electron chi connectivity index (χ3n) is 3.81. The van der Waals surface area contributed by atoms with Crippen LogP contribution in [0.2, 0.25) is 0 Å². The number of hydrogen-bond donors (Lipinski definition) is 1. The van der Waals surface area contributed by atoms with E-state index in [4.69, 9.17) is 0 Å². The van der Waals surface area contributed by atoms with Crippen LogP contribution in [0, 0.1) is 0 Å². The number of nitrogens with zero attached hydrogens (tertiary/aromatic N) is 1. The third-order valence-corrected chi connectivity index (χ3v) is 4.34. The lowest BCUT2D eigenvalue weighted by molar-refractivity contribution is -0.275. The molecule has 2 rings (SSSR count). The molecule has 0 bridgehead atoms. The Morgan fingerprint density at radius 2 is 1.75 bits per heavy atom. The maximum atomic E-state index is 12.5. The second-order valence-electron chi connectivity index (χ2n) is 6.05. The maximum Gasteiger partial charge on any atom is 0.573 e. The maximum absolute atomic E-state index is 12.5. The molecule has 0 saturated heterocycles. The summed E-state index contributed by atoms with van der Waals surface area (Å²) in [5.41, 5.74) is 0.580. The Bertz CT molecular complexity index is 841. The zero-order chi connectivity index (χ0) is 20.9. The molecule has 1 N–H and O–H groups in total. The number of nitrogens with one attached hydrogen (secondary N) is 1. The SMILES string of the molecule is C[C@H](NC(=O)c1ccc(Br)cc1)C(=O)N(C)Cc1ccccc1OC(F)(F)F. The highest BCUT2D eigenvalue weighted by atomic mass is 79.9. The van der Waals surface area contributed by atoms with Crippen molar-refractivity contribution in [3.8, 4) is 5.75 Å². The highest BCUT2D eigenvalue weighted by molar-refractivity contribution is 9.10. The van der Waals surface area contributed by atoms with Crippen LogP contribution < -0.4 is 10.1 Å². The largest absolute Gasteiger partial charge is 0.573 e. The molecule has 0 saturated carbocycles. The van der Waals surface area contributed by atoms with Crippen molar-refractivity contribution in [1.82, 2.24) is 10.2 Å². The van der Waals surface area contributed by atoms with Gasteiger partial charge in [-0.25, -0.2) is 0 Å². The molecule has 2 amide bonds. The van der Waals surface area contributed by atoms with E-state index in [1.807, 2.05) is 0 Å². The van der Waals surface area contributed by atoms with Crippen molar-refractivity contribution in [3.05, 3.63) is 64.1 Å². The zero-order valence-electron chi connectivity index (χ0n) is 15.1. The molecule has 0 aliphatic rings. The second-order valence-corrected chi connectivity index (χ2v) is 6.97. The Labute approximate surface area is 168 Å². The lowest BCUT2D eigenvalue weighted by Crippen LogP contribution is -2.45. The van der Waals surface area contributed by atoms with Crippen molar-refractivity contribution in [3.63, 3.8) is 0 Å². The van der Waals surface area contributed by atoms with E-state index in [0.717, 1.165) is 4.47 Å². The van der Waals surface area contributed by atoms with Crippen LogP contribution in [-0.2, 0) is 11.3 Å². The van der Waals surface area contributed by atoms with E-state index in [1.54, 1.807) is 30.3 Å². The number of hydrogen-bond acceptors (Lipinski definition) is 3. The first-order valence-electron chi connectivity index (χ1n) is 8.22. The first kappa shape index (κ1) is 21.7. The molecule has 1 atom stereocenters. The molecule has 28 heavy (non-hydrogen) atoms. The van der Waals surface area contributed by atoms with Crippen LogP contribution in [0.5, 0.6) is 5.75 Å². The molecule has 0 spiro atoms. The lowest BCUT2D eigenvalue weighted by Gasteiger charge is -2.23. The van der Waals surface area contributed by atoms with Gasteiger partial charge in [-0.3, -0.25) is 9.59 Å². The summed E-state index contributed by atoms with van der Waals surface area (Å²) in [5, 5.41) is 2.58. The Morgan fingerprint density at radius 1 is 1.14 bits per heavy atom. The van der Waals surface area contributed by atoms with Gasteiger partial charge in [0.05, 0.1) is 0 Å². The van der Waals surface area contributed by atoms with Gasteiger partial charge >= 0.3 is 6.36 Å². The van der Waals surface area contributed by atoms with Crippen LogP contribution >= 0.6 is 15.9 Å². The number of alkyl halides is 3. The standard InChI is InChI=1S/C19H18BrF3N2O3/c1-12(24-17(26)13-7-9-15(20)10-8-13)18(27)25(2)11-14-5-3-4-6-16(14)28-19(21,22)23/h3-10,12H,11H2,1-2H3,(H,24,26)/t12-/m0/s1. The molecule has 0 aromatic heterocycles. The Kier molecular flexibility index (Phi) is 7.06. The van der Waals surface area contributed by atoms with Gasteiger partial charge in [0.1, 0.15) is 11.8 Å². The van der Waals surface area contributed by atoms with Crippen molar-refractivity contribution in [2.45, 2.75) is 25.9 Å². The molecule has 0 aliphatic heterocycles. The molecule has 150 valence electrons. The van der Waals surface area contributed by atoms with Crippen molar-refractivity contribution in [1.29, 1.82) is 0 Å². The summed E-state index contributed by atoms with van der Waals surface area (Å²) >= 11 is 3.27. The molecule has 9 heteroatoms. The fourth-order valence-electron chi connectivity index (χ4n) is 2.47. The number of rotatable bonds is 6. The van der Waals surface area contributed by atoms with Crippen molar-refractivity contribution in [2.75, 3.05) is 7.05 Å². The minimum Gasteiger partial charge on any atom is -0.405 e. The van der Waals surface area contributed by atoms with Gasteiger partial charge in [0, 0.05) is 29.2 Å². The van der Waals surface area contributed by atoms with Gasteiger partial charge in [-0.1, -0.05) is 34.1 Å². The number of ether oxygens (including phenoxy) is 1. The van der Waals surface area contributed by atoms with Gasteiger partial charge in [-0.2, -0.15) is 0 Å². The highest BCUT2D eigenvalue weighted by Crippen LogP contribution is 2.27. The number of benzene rings is 2. The fraction of sp³-hybridized carbons (Fsp3) is 0.263. The minimum absolute atomic E-state index is 0.108. The van der Waals surface area contributed by atoms with Gasteiger partial charge in [-0.05, 0) is 37.3 Å². The fourth-order valence-corrected chi connectivity index (χ4v) is 2.73. The molecule has 0 fully saturated rings. The molecule has 0 heterocycles. The number of para-hydroxylation sites is 1. The van der Waals surface area contributed by atoms with Crippen LogP contribution in [0.15, 0.2) is 53.0 Å². The first-order chi connectivity index (χ1) is 13.1. The molecular formula is C19H18BrF3N2O3. The predicted molar refractivity (Wildman–Crippen MR) is 101 cm³/mol. The lowest BCUT2D eigenvalue weighted by atomic mass is 10.1. The average Bonchev–Trinajstić information content (AvgIpc) is 2.61. The van der Waals surface area contributed by atoms with E-state index >= 15 is 0 Å². The summed E-state index contributed by atoms with van der Waals surface area (Å²) in [5.74, 6) is -1.25. The molecular weight excluding hydrogens is 441 g/mol. The summed E-state index contributed by atoms with van der Waals surface area (Å²) in [6, 6.07) is 11.3. The van der Waals surface area contributed by atoms with Gasteiger partial charge < -0.3 is 15.0 Å². The van der Waals surface area contributed by atoms with Crippen LogP contribution in [-0.4, -0.2) is 36.2 Å². The van der Waals surface area contributed by atoms with Crippen molar-refractivity contribution in [2.24, 2.45) is 0 Å². The third kappa shape index (κ3) is 6.26. The van der Waals surface area contributed by atoms with E-state index in [2.05, 4.69) is 26.0 Å². The van der Waals surface area contributed by atoms with Crippen LogP contribution in [0.4, 0.5) is 13.2 Å². The van der Waals surface area contributed by atoms with Crippen LogP contribution in [0.1, 0.15) is 22.8 Å². The average molecular weight is 459 g/mol. The summed E-state index contributed by atoms with van der Waals surface area (Å²) in [7, 11) is 1.44. The van der Waals surface area contributed by atoms with E-state index in [1.165, 1.54) is 37.1 Å². The van der Waals surface area contributed by atoms with Gasteiger partial charge in [0.25, 0.3) is 5.91 Å². The van der Waals surface area contributed by atoms with Crippen LogP contribution in [0.25, 0.3) is 0 Å². The number of carbonyl (C=O) groups is 2. The topological polar surface area (TPSA) is 58.6 Å². The monoisotopic (exact) mass is 458 g/mol. The Hall–Kier alpha value is -2.55. The van der Waals surface area contributed by atoms with Crippen LogP contribution in [0.3, 0.4) is 0 Å². The zero-order valence-corrected chi connectivity index (χ0v) is 16.7. The Morgan fingerprint density at radius 3 is 2.36 bits per heavy atom. The van der Waals surface area contributed by atoms with E-state index < -0.39 is 24.2 Å². The molecule has 0 unspecified atom stereocenters. The molecule has 5 nitrogen and oxygen atoms in total. The van der Waals surface area contributed by atoms with Crippen molar-refractivity contribution < 1.29 is 27.5 Å². The van der Waals surface area contributed by atoms with Crippen molar-refractivity contribution >= 4 is 27.7 Å². The normalized spacial score (nSPS) is 12.2. The Balaban J connectivity index is 2.02. The summed E-state index contributed by atoms with van der Waals surface area (Å²) < 4.78 is 42.4. The van der Waals surface area contributed by atoms with Gasteiger partial charge in [-0.15, -0.1) is 13.2 Å². The molecule has 0 radical (unpaired) electrons. The van der Waals surface area contributed by atoms with Gasteiger partial charge in [0.2, 0.25) is 5.91 Å². The molecule has 2 aromatic rings. The second kappa shape index (κ2) is 9.09. The van der Waals surface area contributed by atoms with Gasteiger partial charge in [0.15, 0.2) is 0 Å². The number of carbonyl (C=O) groups excluding carboxylic acids is 2. The van der Waals surface area contributed by atoms with E-state index in [0.29, 0.717) is 5.56 Å². The first-order valence-corrected chi connectivity index (χ1v) is 9.01. The number of likely N-dealkylation sites (N-methyl/N-ethyl adjacent to an activating group) is 1.